The van der Waals surface area contributed by atoms with Gasteiger partial charge in [0.15, 0.2) is 11.6 Å². The lowest BCUT2D eigenvalue weighted by Crippen LogP contribution is -1.90. The highest BCUT2D eigenvalue weighted by molar-refractivity contribution is 7.15. The zero-order chi connectivity index (χ0) is 14.8. The SMILES string of the molecule is Cc1sc(-c2ccc(F)c(F)c2)nc1Cc1ccccc1. The zero-order valence-electron chi connectivity index (χ0n) is 11.4. The van der Waals surface area contributed by atoms with Crippen molar-refractivity contribution in [1.82, 2.24) is 4.98 Å². The highest BCUT2D eigenvalue weighted by Gasteiger charge is 2.12. The summed E-state index contributed by atoms with van der Waals surface area (Å²) in [5, 5.41) is 0.720. The van der Waals surface area contributed by atoms with Crippen LogP contribution in [0, 0.1) is 18.6 Å². The maximum atomic E-state index is 13.3. The molecule has 106 valence electrons. The molecule has 0 spiro atoms. The first-order valence-electron chi connectivity index (χ1n) is 6.59. The Morgan fingerprint density at radius 2 is 1.76 bits per heavy atom. The van der Waals surface area contributed by atoms with Crippen molar-refractivity contribution < 1.29 is 8.78 Å². The number of rotatable bonds is 3. The molecule has 1 heterocycles. The molecule has 1 nitrogen and oxygen atoms in total. The van der Waals surface area contributed by atoms with Crippen molar-refractivity contribution in [1.29, 1.82) is 0 Å². The van der Waals surface area contributed by atoms with E-state index < -0.39 is 11.6 Å². The van der Waals surface area contributed by atoms with Crippen LogP contribution < -0.4 is 0 Å². The molecule has 21 heavy (non-hydrogen) atoms. The van der Waals surface area contributed by atoms with Crippen molar-refractivity contribution in [3.63, 3.8) is 0 Å². The third kappa shape index (κ3) is 3.00. The van der Waals surface area contributed by atoms with Crippen molar-refractivity contribution >= 4 is 11.3 Å². The molecule has 0 unspecified atom stereocenters. The maximum Gasteiger partial charge on any atom is 0.159 e. The molecule has 0 aliphatic heterocycles. The number of aryl methyl sites for hydroxylation is 1. The van der Waals surface area contributed by atoms with Crippen LogP contribution in [0.5, 0.6) is 0 Å². The molecule has 0 saturated carbocycles. The lowest BCUT2D eigenvalue weighted by Gasteiger charge is -1.99. The van der Waals surface area contributed by atoms with Gasteiger partial charge in [0.1, 0.15) is 5.01 Å². The summed E-state index contributed by atoms with van der Waals surface area (Å²) in [6, 6.07) is 14.0. The van der Waals surface area contributed by atoms with Gasteiger partial charge in [-0.15, -0.1) is 11.3 Å². The van der Waals surface area contributed by atoms with Crippen molar-refractivity contribution in [2.45, 2.75) is 13.3 Å². The van der Waals surface area contributed by atoms with Crippen LogP contribution in [-0.4, -0.2) is 4.98 Å². The maximum absolute atomic E-state index is 13.3. The monoisotopic (exact) mass is 301 g/mol. The summed E-state index contributed by atoms with van der Waals surface area (Å²) < 4.78 is 26.3. The molecule has 0 fully saturated rings. The molecule has 0 atom stereocenters. The lowest BCUT2D eigenvalue weighted by atomic mass is 10.1. The topological polar surface area (TPSA) is 12.9 Å². The van der Waals surface area contributed by atoms with Crippen molar-refractivity contribution in [3.8, 4) is 10.6 Å². The van der Waals surface area contributed by atoms with Crippen LogP contribution in [-0.2, 0) is 6.42 Å². The smallest absolute Gasteiger partial charge is 0.159 e. The molecule has 0 radical (unpaired) electrons. The number of thiazole rings is 1. The quantitative estimate of drug-likeness (QED) is 0.664. The van der Waals surface area contributed by atoms with Crippen molar-refractivity contribution in [2.75, 3.05) is 0 Å². The minimum atomic E-state index is -0.843. The second-order valence-electron chi connectivity index (χ2n) is 4.81. The highest BCUT2D eigenvalue weighted by Crippen LogP contribution is 2.29. The molecule has 3 aromatic rings. The van der Waals surface area contributed by atoms with E-state index in [1.807, 2.05) is 25.1 Å². The van der Waals surface area contributed by atoms with Gasteiger partial charge in [0.25, 0.3) is 0 Å². The number of aromatic nitrogens is 1. The van der Waals surface area contributed by atoms with Crippen LogP contribution >= 0.6 is 11.3 Å². The second-order valence-corrected chi connectivity index (χ2v) is 6.02. The second kappa shape index (κ2) is 5.74. The Morgan fingerprint density at radius 1 is 1.00 bits per heavy atom. The van der Waals surface area contributed by atoms with E-state index in [1.165, 1.54) is 23.0 Å². The fourth-order valence-electron chi connectivity index (χ4n) is 2.13. The summed E-state index contributed by atoms with van der Waals surface area (Å²) in [6.45, 7) is 2.00. The van der Waals surface area contributed by atoms with E-state index in [9.17, 15) is 8.78 Å². The standard InChI is InChI=1S/C17H13F2NS/c1-11-16(9-12-5-3-2-4-6-12)20-17(21-11)13-7-8-14(18)15(19)10-13/h2-8,10H,9H2,1H3. The van der Waals surface area contributed by atoms with E-state index >= 15 is 0 Å². The number of hydrogen-bond donors (Lipinski definition) is 0. The summed E-state index contributed by atoms with van der Waals surface area (Å²) in [5.74, 6) is -1.68. The number of benzene rings is 2. The minimum absolute atomic E-state index is 0.612. The predicted octanol–water partition coefficient (Wildman–Crippen LogP) is 4.99. The van der Waals surface area contributed by atoms with Crippen LogP contribution in [0.4, 0.5) is 8.78 Å². The Balaban J connectivity index is 1.92. The number of halogens is 2. The van der Waals surface area contributed by atoms with E-state index in [1.54, 1.807) is 6.07 Å². The first-order valence-corrected chi connectivity index (χ1v) is 7.41. The molecule has 0 saturated heterocycles. The fourth-order valence-corrected chi connectivity index (χ4v) is 3.06. The average Bonchev–Trinajstić information content (AvgIpc) is 2.84. The van der Waals surface area contributed by atoms with Gasteiger partial charge in [-0.3, -0.25) is 0 Å². The highest BCUT2D eigenvalue weighted by atomic mass is 32.1. The molecule has 0 N–H and O–H groups in total. The molecule has 2 aromatic carbocycles. The van der Waals surface area contributed by atoms with Crippen LogP contribution in [0.25, 0.3) is 10.6 Å². The summed E-state index contributed by atoms with van der Waals surface area (Å²) in [6.07, 6.45) is 0.743. The number of nitrogens with zero attached hydrogens (tertiary/aromatic N) is 1. The first kappa shape index (κ1) is 13.9. The molecule has 0 aliphatic rings. The molecule has 0 amide bonds. The van der Waals surface area contributed by atoms with E-state index in [2.05, 4.69) is 17.1 Å². The van der Waals surface area contributed by atoms with Gasteiger partial charge in [-0.1, -0.05) is 30.3 Å². The van der Waals surface area contributed by atoms with Gasteiger partial charge in [0.2, 0.25) is 0 Å². The lowest BCUT2D eigenvalue weighted by molar-refractivity contribution is 0.509. The summed E-state index contributed by atoms with van der Waals surface area (Å²) in [7, 11) is 0. The van der Waals surface area contributed by atoms with Crippen LogP contribution in [0.1, 0.15) is 16.1 Å². The molecule has 3 rings (SSSR count). The zero-order valence-corrected chi connectivity index (χ0v) is 12.3. The molecular weight excluding hydrogens is 288 g/mol. The number of hydrogen-bond acceptors (Lipinski definition) is 2. The van der Waals surface area contributed by atoms with Crippen LogP contribution in [0.2, 0.25) is 0 Å². The fraction of sp³-hybridized carbons (Fsp3) is 0.118. The third-order valence-electron chi connectivity index (χ3n) is 3.27. The van der Waals surface area contributed by atoms with Crippen molar-refractivity contribution in [3.05, 3.63) is 76.3 Å². The van der Waals surface area contributed by atoms with Crippen LogP contribution in [0.3, 0.4) is 0 Å². The largest absolute Gasteiger partial charge is 0.240 e. The van der Waals surface area contributed by atoms with Gasteiger partial charge in [-0.2, -0.15) is 0 Å². The molecule has 0 aliphatic carbocycles. The Morgan fingerprint density at radius 3 is 2.48 bits per heavy atom. The summed E-state index contributed by atoms with van der Waals surface area (Å²) >= 11 is 1.50. The predicted molar refractivity (Wildman–Crippen MR) is 81.5 cm³/mol. The van der Waals surface area contributed by atoms with Gasteiger partial charge in [0.05, 0.1) is 5.69 Å². The Labute approximate surface area is 125 Å². The molecule has 4 heteroatoms. The first-order chi connectivity index (χ1) is 10.1. The van der Waals surface area contributed by atoms with Crippen LogP contribution in [0.15, 0.2) is 48.5 Å². The Kier molecular flexibility index (Phi) is 3.80. The van der Waals surface area contributed by atoms with Gasteiger partial charge in [0, 0.05) is 16.9 Å². The summed E-state index contributed by atoms with van der Waals surface area (Å²) in [5.41, 5.74) is 2.77. The van der Waals surface area contributed by atoms with Gasteiger partial charge in [-0.05, 0) is 30.7 Å². The van der Waals surface area contributed by atoms with Gasteiger partial charge in [-0.25, -0.2) is 13.8 Å². The van der Waals surface area contributed by atoms with E-state index in [0.29, 0.717) is 5.56 Å². The van der Waals surface area contributed by atoms with E-state index in [0.717, 1.165) is 28.1 Å². The van der Waals surface area contributed by atoms with E-state index in [4.69, 9.17) is 0 Å². The van der Waals surface area contributed by atoms with Crippen molar-refractivity contribution in [2.24, 2.45) is 0 Å². The van der Waals surface area contributed by atoms with Gasteiger partial charge < -0.3 is 0 Å². The molecular formula is C17H13F2NS. The van der Waals surface area contributed by atoms with E-state index in [-0.39, 0.29) is 0 Å². The Hall–Kier alpha value is -2.07. The molecule has 0 bridgehead atoms. The summed E-state index contributed by atoms with van der Waals surface area (Å²) in [4.78, 5) is 5.67. The molecule has 1 aromatic heterocycles. The Bertz CT molecular complexity index is 766. The minimum Gasteiger partial charge on any atom is -0.240 e. The third-order valence-corrected chi connectivity index (χ3v) is 4.34. The normalized spacial score (nSPS) is 10.8. The van der Waals surface area contributed by atoms with Gasteiger partial charge >= 0.3 is 0 Å². The average molecular weight is 301 g/mol.